The lowest BCUT2D eigenvalue weighted by atomic mass is 10.3. The second-order valence-electron chi connectivity index (χ2n) is 3.87. The third kappa shape index (κ3) is 3.05. The van der Waals surface area contributed by atoms with Gasteiger partial charge in [0.25, 0.3) is 10.0 Å². The number of rotatable bonds is 5. The normalized spacial score (nSPS) is 11.3. The van der Waals surface area contributed by atoms with Crippen LogP contribution >= 0.6 is 0 Å². The molecule has 0 saturated heterocycles. The van der Waals surface area contributed by atoms with Crippen molar-refractivity contribution >= 4 is 15.7 Å². The molecule has 1 aromatic carbocycles. The van der Waals surface area contributed by atoms with E-state index in [1.54, 1.807) is 23.0 Å². The highest BCUT2D eigenvalue weighted by atomic mass is 32.2. The maximum Gasteiger partial charge on any atom is 0.261 e. The fourth-order valence-corrected chi connectivity index (χ4v) is 2.59. The molecular formula is C12H15N3O3S. The molecule has 0 saturated carbocycles. The number of hydrogen-bond acceptors (Lipinski definition) is 4. The Morgan fingerprint density at radius 1 is 1.32 bits per heavy atom. The molecular weight excluding hydrogens is 266 g/mol. The molecule has 1 aromatic heterocycles. The van der Waals surface area contributed by atoms with Crippen LogP contribution in [0.1, 0.15) is 6.92 Å². The third-order valence-corrected chi connectivity index (χ3v) is 3.98. The van der Waals surface area contributed by atoms with Crippen LogP contribution in [0.25, 0.3) is 0 Å². The van der Waals surface area contributed by atoms with Gasteiger partial charge in [0.1, 0.15) is 5.75 Å². The molecule has 0 aliphatic rings. The zero-order chi connectivity index (χ0) is 13.9. The first kappa shape index (κ1) is 13.4. The predicted molar refractivity (Wildman–Crippen MR) is 71.7 cm³/mol. The maximum atomic E-state index is 12.1. The van der Waals surface area contributed by atoms with Gasteiger partial charge >= 0.3 is 0 Å². The van der Waals surface area contributed by atoms with Crippen molar-refractivity contribution in [2.45, 2.75) is 18.4 Å². The van der Waals surface area contributed by atoms with E-state index in [2.05, 4.69) is 9.82 Å². The molecule has 0 spiro atoms. The molecule has 0 unspecified atom stereocenters. The number of nitrogens with zero attached hydrogens (tertiary/aromatic N) is 2. The van der Waals surface area contributed by atoms with Gasteiger partial charge in [-0.15, -0.1) is 0 Å². The summed E-state index contributed by atoms with van der Waals surface area (Å²) in [6.45, 7) is 2.61. The zero-order valence-electron chi connectivity index (χ0n) is 10.7. The van der Waals surface area contributed by atoms with Crippen LogP contribution in [0, 0.1) is 0 Å². The zero-order valence-corrected chi connectivity index (χ0v) is 11.5. The van der Waals surface area contributed by atoms with Crippen molar-refractivity contribution in [2.24, 2.45) is 0 Å². The standard InChI is InChI=1S/C12H15N3O3S/c1-3-15-9-10(8-13-15)14-19(16,17)12-6-4-11(18-2)5-7-12/h4-9,14H,3H2,1-2H3. The Kier molecular flexibility index (Phi) is 3.75. The molecule has 7 heteroatoms. The van der Waals surface area contributed by atoms with Crippen LogP contribution in [0.4, 0.5) is 5.69 Å². The van der Waals surface area contributed by atoms with Gasteiger partial charge in [-0.3, -0.25) is 9.40 Å². The summed E-state index contributed by atoms with van der Waals surface area (Å²) < 4.78 is 33.3. The summed E-state index contributed by atoms with van der Waals surface area (Å²) in [7, 11) is -2.06. The van der Waals surface area contributed by atoms with Gasteiger partial charge in [0.15, 0.2) is 0 Å². The first-order valence-electron chi connectivity index (χ1n) is 5.74. The summed E-state index contributed by atoms with van der Waals surface area (Å²) >= 11 is 0. The van der Waals surface area contributed by atoms with Crippen LogP contribution in [-0.4, -0.2) is 25.3 Å². The Hall–Kier alpha value is -2.02. The quantitative estimate of drug-likeness (QED) is 0.905. The highest BCUT2D eigenvalue weighted by Crippen LogP contribution is 2.18. The van der Waals surface area contributed by atoms with E-state index in [0.717, 1.165) is 0 Å². The van der Waals surface area contributed by atoms with Crippen LogP contribution < -0.4 is 9.46 Å². The number of benzene rings is 1. The molecule has 0 radical (unpaired) electrons. The van der Waals surface area contributed by atoms with Crippen molar-refractivity contribution in [3.8, 4) is 5.75 Å². The molecule has 6 nitrogen and oxygen atoms in total. The number of hydrogen-bond donors (Lipinski definition) is 1. The van der Waals surface area contributed by atoms with E-state index >= 15 is 0 Å². The summed E-state index contributed by atoms with van der Waals surface area (Å²) in [5.41, 5.74) is 0.442. The number of methoxy groups -OCH3 is 1. The molecule has 0 bridgehead atoms. The lowest BCUT2D eigenvalue weighted by molar-refractivity contribution is 0.414. The maximum absolute atomic E-state index is 12.1. The van der Waals surface area contributed by atoms with E-state index in [4.69, 9.17) is 4.74 Å². The van der Waals surface area contributed by atoms with Crippen molar-refractivity contribution < 1.29 is 13.2 Å². The van der Waals surface area contributed by atoms with Gasteiger partial charge in [-0.1, -0.05) is 0 Å². The first-order valence-corrected chi connectivity index (χ1v) is 7.23. The summed E-state index contributed by atoms with van der Waals surface area (Å²) in [6.07, 6.45) is 3.12. The fourth-order valence-electron chi connectivity index (χ4n) is 1.56. The second-order valence-corrected chi connectivity index (χ2v) is 5.55. The van der Waals surface area contributed by atoms with E-state index < -0.39 is 10.0 Å². The number of nitrogens with one attached hydrogen (secondary N) is 1. The van der Waals surface area contributed by atoms with Crippen LogP contribution in [0.5, 0.6) is 5.75 Å². The molecule has 1 N–H and O–H groups in total. The molecule has 19 heavy (non-hydrogen) atoms. The van der Waals surface area contributed by atoms with Crippen LogP contribution in [0.3, 0.4) is 0 Å². The van der Waals surface area contributed by atoms with Crippen molar-refractivity contribution in [1.29, 1.82) is 0 Å². The highest BCUT2D eigenvalue weighted by Gasteiger charge is 2.14. The summed E-state index contributed by atoms with van der Waals surface area (Å²) in [4.78, 5) is 0.178. The molecule has 1 heterocycles. The van der Waals surface area contributed by atoms with Gasteiger partial charge in [-0.25, -0.2) is 8.42 Å². The Morgan fingerprint density at radius 3 is 2.53 bits per heavy atom. The summed E-state index contributed by atoms with van der Waals surface area (Å²) in [5.74, 6) is 0.609. The van der Waals surface area contributed by atoms with Crippen molar-refractivity contribution in [1.82, 2.24) is 9.78 Å². The molecule has 0 atom stereocenters. The molecule has 102 valence electrons. The summed E-state index contributed by atoms with van der Waals surface area (Å²) in [5, 5.41) is 4.01. The van der Waals surface area contributed by atoms with E-state index in [-0.39, 0.29) is 4.90 Å². The Morgan fingerprint density at radius 2 is 2.00 bits per heavy atom. The third-order valence-electron chi connectivity index (χ3n) is 2.58. The van der Waals surface area contributed by atoms with Crippen LogP contribution in [0.15, 0.2) is 41.6 Å². The Bertz CT molecular complexity index is 647. The average molecular weight is 281 g/mol. The molecule has 0 fully saturated rings. The number of anilines is 1. The van der Waals surface area contributed by atoms with Gasteiger partial charge in [0.2, 0.25) is 0 Å². The largest absolute Gasteiger partial charge is 0.497 e. The average Bonchev–Trinajstić information content (AvgIpc) is 2.85. The minimum absolute atomic E-state index is 0.178. The SMILES string of the molecule is CCn1cc(NS(=O)(=O)c2ccc(OC)cc2)cn1. The van der Waals surface area contributed by atoms with Gasteiger partial charge in [0, 0.05) is 12.7 Å². The van der Waals surface area contributed by atoms with Crippen molar-refractivity contribution in [3.05, 3.63) is 36.7 Å². The Labute approximate surface area is 112 Å². The lowest BCUT2D eigenvalue weighted by Gasteiger charge is -2.06. The number of aryl methyl sites for hydroxylation is 1. The molecule has 0 aliphatic heterocycles. The Balaban J connectivity index is 2.21. The number of aromatic nitrogens is 2. The molecule has 2 aromatic rings. The number of ether oxygens (including phenoxy) is 1. The summed E-state index contributed by atoms with van der Waals surface area (Å²) in [6, 6.07) is 6.19. The molecule has 0 aliphatic carbocycles. The van der Waals surface area contributed by atoms with Gasteiger partial charge in [-0.2, -0.15) is 5.10 Å². The van der Waals surface area contributed by atoms with Crippen molar-refractivity contribution in [2.75, 3.05) is 11.8 Å². The highest BCUT2D eigenvalue weighted by molar-refractivity contribution is 7.92. The minimum atomic E-state index is -3.59. The number of sulfonamides is 1. The van der Waals surface area contributed by atoms with E-state index in [0.29, 0.717) is 18.0 Å². The lowest BCUT2D eigenvalue weighted by Crippen LogP contribution is -2.12. The minimum Gasteiger partial charge on any atom is -0.497 e. The van der Waals surface area contributed by atoms with Crippen LogP contribution in [0.2, 0.25) is 0 Å². The first-order chi connectivity index (χ1) is 9.05. The monoisotopic (exact) mass is 281 g/mol. The molecule has 2 rings (SSSR count). The predicted octanol–water partition coefficient (Wildman–Crippen LogP) is 1.71. The van der Waals surface area contributed by atoms with E-state index in [1.807, 2.05) is 6.92 Å². The van der Waals surface area contributed by atoms with Crippen LogP contribution in [-0.2, 0) is 16.6 Å². The second kappa shape index (κ2) is 5.31. The van der Waals surface area contributed by atoms with E-state index in [9.17, 15) is 8.42 Å². The smallest absolute Gasteiger partial charge is 0.261 e. The van der Waals surface area contributed by atoms with E-state index in [1.165, 1.54) is 25.4 Å². The van der Waals surface area contributed by atoms with Crippen molar-refractivity contribution in [3.63, 3.8) is 0 Å². The topological polar surface area (TPSA) is 73.2 Å². The fraction of sp³-hybridized carbons (Fsp3) is 0.250. The van der Waals surface area contributed by atoms with Gasteiger partial charge in [0.05, 0.1) is 23.9 Å². The molecule has 0 amide bonds. The van der Waals surface area contributed by atoms with Gasteiger partial charge < -0.3 is 4.74 Å². The van der Waals surface area contributed by atoms with Gasteiger partial charge in [-0.05, 0) is 31.2 Å².